The van der Waals surface area contributed by atoms with Gasteiger partial charge < -0.3 is 4.90 Å². The van der Waals surface area contributed by atoms with Crippen LogP contribution in [0.5, 0.6) is 0 Å². The Bertz CT molecular complexity index is 642. The van der Waals surface area contributed by atoms with Crippen molar-refractivity contribution < 1.29 is 8.42 Å². The molecule has 24 heavy (non-hydrogen) atoms. The Balaban J connectivity index is 1.75. The van der Waals surface area contributed by atoms with E-state index in [1.54, 1.807) is 18.2 Å². The fraction of sp³-hybridized carbons (Fsp3) is 0.647. The molecule has 1 aromatic rings. The third-order valence-corrected chi connectivity index (χ3v) is 6.35. The quantitative estimate of drug-likeness (QED) is 0.718. The van der Waals surface area contributed by atoms with Crippen molar-refractivity contribution in [3.05, 3.63) is 33.8 Å². The van der Waals surface area contributed by atoms with Gasteiger partial charge in [0, 0.05) is 19.6 Å². The van der Waals surface area contributed by atoms with Gasteiger partial charge in [-0.1, -0.05) is 43.1 Å². The average molecular weight is 393 g/mol. The summed E-state index contributed by atoms with van der Waals surface area (Å²) in [5.74, 6) is 1.36. The molecule has 1 N–H and O–H groups in total. The van der Waals surface area contributed by atoms with Gasteiger partial charge in [0.2, 0.25) is 10.0 Å². The predicted molar refractivity (Wildman–Crippen MR) is 101 cm³/mol. The van der Waals surface area contributed by atoms with E-state index in [0.717, 1.165) is 37.9 Å². The Morgan fingerprint density at radius 1 is 1.17 bits per heavy atom. The van der Waals surface area contributed by atoms with Crippen LogP contribution in [-0.4, -0.2) is 39.5 Å². The van der Waals surface area contributed by atoms with Crippen LogP contribution in [0, 0.1) is 11.8 Å². The van der Waals surface area contributed by atoms with E-state index in [4.69, 9.17) is 23.2 Å². The normalized spacial score (nSPS) is 22.7. The molecule has 2 atom stereocenters. The number of benzene rings is 1. The molecule has 136 valence electrons. The zero-order chi connectivity index (χ0) is 17.7. The molecule has 7 heteroatoms. The minimum Gasteiger partial charge on any atom is -0.303 e. The minimum atomic E-state index is -3.36. The molecule has 1 aliphatic heterocycles. The molecular weight excluding hydrogens is 367 g/mol. The van der Waals surface area contributed by atoms with E-state index in [9.17, 15) is 8.42 Å². The third kappa shape index (κ3) is 6.52. The molecule has 0 saturated carbocycles. The van der Waals surface area contributed by atoms with Crippen LogP contribution in [0.1, 0.15) is 32.3 Å². The zero-order valence-corrected chi connectivity index (χ0v) is 16.6. The SMILES string of the molecule is C[C@@H]1C[C@H](C)CN(CCCNS(=O)(=O)Cc2ccc(Cl)c(Cl)c2)C1. The molecule has 0 bridgehead atoms. The van der Waals surface area contributed by atoms with Gasteiger partial charge >= 0.3 is 0 Å². The summed E-state index contributed by atoms with van der Waals surface area (Å²) in [6.45, 7) is 8.18. The molecule has 0 radical (unpaired) electrons. The maximum atomic E-state index is 12.2. The molecule has 1 aromatic carbocycles. The molecule has 0 unspecified atom stereocenters. The minimum absolute atomic E-state index is 0.0817. The number of sulfonamides is 1. The highest BCUT2D eigenvalue weighted by molar-refractivity contribution is 7.88. The highest BCUT2D eigenvalue weighted by atomic mass is 35.5. The Morgan fingerprint density at radius 3 is 2.46 bits per heavy atom. The molecule has 0 aliphatic carbocycles. The van der Waals surface area contributed by atoms with Crippen LogP contribution >= 0.6 is 23.2 Å². The molecular formula is C17H26Cl2N2O2S. The fourth-order valence-corrected chi connectivity index (χ4v) is 4.90. The second kappa shape index (κ2) is 8.86. The lowest BCUT2D eigenvalue weighted by atomic mass is 9.92. The summed E-state index contributed by atoms with van der Waals surface area (Å²) in [7, 11) is -3.36. The van der Waals surface area contributed by atoms with E-state index < -0.39 is 10.0 Å². The van der Waals surface area contributed by atoms with E-state index in [1.165, 1.54) is 6.42 Å². The number of nitrogens with zero attached hydrogens (tertiary/aromatic N) is 1. The largest absolute Gasteiger partial charge is 0.303 e. The number of hydrogen-bond donors (Lipinski definition) is 1. The van der Waals surface area contributed by atoms with Gasteiger partial charge in [-0.25, -0.2) is 13.1 Å². The highest BCUT2D eigenvalue weighted by Crippen LogP contribution is 2.23. The number of hydrogen-bond acceptors (Lipinski definition) is 3. The first kappa shape index (κ1) is 20.0. The van der Waals surface area contributed by atoms with E-state index >= 15 is 0 Å². The van der Waals surface area contributed by atoms with Gasteiger partial charge in [0.25, 0.3) is 0 Å². The third-order valence-electron chi connectivity index (χ3n) is 4.26. The van der Waals surface area contributed by atoms with Gasteiger partial charge in [-0.15, -0.1) is 0 Å². The van der Waals surface area contributed by atoms with Crippen molar-refractivity contribution in [3.63, 3.8) is 0 Å². The standard InChI is InChI=1S/C17H26Cl2N2O2S/c1-13-8-14(2)11-21(10-13)7-3-6-20-24(22,23)12-15-4-5-16(18)17(19)9-15/h4-5,9,13-14,20H,3,6-8,10-12H2,1-2H3/t13-,14+. The molecule has 0 amide bonds. The molecule has 0 spiro atoms. The lowest BCUT2D eigenvalue weighted by Crippen LogP contribution is -2.40. The molecule has 4 nitrogen and oxygen atoms in total. The van der Waals surface area contributed by atoms with Crippen LogP contribution in [0.2, 0.25) is 10.0 Å². The number of rotatable bonds is 7. The first-order valence-corrected chi connectivity index (χ1v) is 10.8. The van der Waals surface area contributed by atoms with Crippen molar-refractivity contribution in [1.29, 1.82) is 0 Å². The average Bonchev–Trinajstić information content (AvgIpc) is 2.46. The van der Waals surface area contributed by atoms with E-state index in [1.807, 2.05) is 0 Å². The second-order valence-corrected chi connectivity index (χ2v) is 9.58. The van der Waals surface area contributed by atoms with Crippen LogP contribution < -0.4 is 4.72 Å². The van der Waals surface area contributed by atoms with Crippen molar-refractivity contribution in [2.45, 2.75) is 32.4 Å². The molecule has 1 aliphatic rings. The van der Waals surface area contributed by atoms with Crippen LogP contribution in [-0.2, 0) is 15.8 Å². The van der Waals surface area contributed by atoms with Gasteiger partial charge in [0.15, 0.2) is 0 Å². The van der Waals surface area contributed by atoms with Crippen LogP contribution in [0.4, 0.5) is 0 Å². The predicted octanol–water partition coefficient (Wildman–Crippen LogP) is 3.78. The Morgan fingerprint density at radius 2 is 1.83 bits per heavy atom. The number of nitrogens with one attached hydrogen (secondary N) is 1. The van der Waals surface area contributed by atoms with Crippen molar-refractivity contribution in [2.24, 2.45) is 11.8 Å². The summed E-state index contributed by atoms with van der Waals surface area (Å²) in [6.07, 6.45) is 2.10. The fourth-order valence-electron chi connectivity index (χ4n) is 3.40. The molecule has 1 saturated heterocycles. The van der Waals surface area contributed by atoms with Gasteiger partial charge in [-0.05, 0) is 48.9 Å². The maximum absolute atomic E-state index is 12.2. The zero-order valence-electron chi connectivity index (χ0n) is 14.3. The molecule has 0 aromatic heterocycles. The van der Waals surface area contributed by atoms with E-state index in [0.29, 0.717) is 22.2 Å². The van der Waals surface area contributed by atoms with E-state index in [2.05, 4.69) is 23.5 Å². The summed E-state index contributed by atoms with van der Waals surface area (Å²) in [5, 5.41) is 0.800. The monoisotopic (exact) mass is 392 g/mol. The van der Waals surface area contributed by atoms with Crippen LogP contribution in [0.3, 0.4) is 0 Å². The summed E-state index contributed by atoms with van der Waals surface area (Å²) in [5.41, 5.74) is 0.635. The number of piperidine rings is 1. The molecule has 1 fully saturated rings. The number of halogens is 2. The smallest absolute Gasteiger partial charge is 0.215 e. The van der Waals surface area contributed by atoms with Crippen molar-refractivity contribution >= 4 is 33.2 Å². The second-order valence-electron chi connectivity index (χ2n) is 6.96. The van der Waals surface area contributed by atoms with Gasteiger partial charge in [-0.3, -0.25) is 0 Å². The first-order chi connectivity index (χ1) is 11.2. The summed E-state index contributed by atoms with van der Waals surface area (Å²) < 4.78 is 27.0. The van der Waals surface area contributed by atoms with Gasteiger partial charge in [0.05, 0.1) is 15.8 Å². The first-order valence-electron chi connectivity index (χ1n) is 8.39. The van der Waals surface area contributed by atoms with Crippen molar-refractivity contribution in [3.8, 4) is 0 Å². The van der Waals surface area contributed by atoms with Crippen molar-refractivity contribution in [1.82, 2.24) is 9.62 Å². The lowest BCUT2D eigenvalue weighted by Gasteiger charge is -2.34. The maximum Gasteiger partial charge on any atom is 0.215 e. The Kier molecular flexibility index (Phi) is 7.38. The van der Waals surface area contributed by atoms with Gasteiger partial charge in [-0.2, -0.15) is 0 Å². The number of likely N-dealkylation sites (tertiary alicyclic amines) is 1. The lowest BCUT2D eigenvalue weighted by molar-refractivity contribution is 0.140. The summed E-state index contributed by atoms with van der Waals surface area (Å²) >= 11 is 11.8. The highest BCUT2D eigenvalue weighted by Gasteiger charge is 2.21. The van der Waals surface area contributed by atoms with E-state index in [-0.39, 0.29) is 5.75 Å². The Hall–Kier alpha value is -0.330. The van der Waals surface area contributed by atoms with Crippen LogP contribution in [0.15, 0.2) is 18.2 Å². The van der Waals surface area contributed by atoms with Crippen molar-refractivity contribution in [2.75, 3.05) is 26.2 Å². The molecule has 1 heterocycles. The topological polar surface area (TPSA) is 49.4 Å². The van der Waals surface area contributed by atoms with Crippen LogP contribution in [0.25, 0.3) is 0 Å². The van der Waals surface area contributed by atoms with Gasteiger partial charge in [0.1, 0.15) is 0 Å². The Labute approximate surface area is 155 Å². The summed E-state index contributed by atoms with van der Waals surface area (Å²) in [4.78, 5) is 2.44. The molecule has 2 rings (SSSR count). The summed E-state index contributed by atoms with van der Waals surface area (Å²) in [6, 6.07) is 4.90.